The Balaban J connectivity index is 1.54. The highest BCUT2D eigenvalue weighted by molar-refractivity contribution is 7.86. The van der Waals surface area contributed by atoms with Crippen LogP contribution in [0.25, 0.3) is 0 Å². The van der Waals surface area contributed by atoms with Gasteiger partial charge in [-0.1, -0.05) is 18.2 Å². The van der Waals surface area contributed by atoms with Gasteiger partial charge in [-0.3, -0.25) is 4.18 Å². The highest BCUT2D eigenvalue weighted by Crippen LogP contribution is 2.13. The highest BCUT2D eigenvalue weighted by atomic mass is 32.2. The van der Waals surface area contributed by atoms with Crippen molar-refractivity contribution in [3.05, 3.63) is 30.3 Å². The second-order valence-electron chi connectivity index (χ2n) is 4.87. The van der Waals surface area contributed by atoms with E-state index >= 15 is 0 Å². The Labute approximate surface area is 131 Å². The lowest BCUT2D eigenvalue weighted by molar-refractivity contribution is -0.169. The zero-order valence-electron chi connectivity index (χ0n) is 12.5. The average Bonchev–Trinajstić information content (AvgIpc) is 2.56. The predicted octanol–water partition coefficient (Wildman–Crippen LogP) is 1.95. The number of ether oxygens (including phenoxy) is 3. The lowest BCUT2D eigenvalue weighted by Gasteiger charge is -2.22. The van der Waals surface area contributed by atoms with E-state index < -0.39 is 10.1 Å². The first-order valence-corrected chi connectivity index (χ1v) is 8.85. The van der Waals surface area contributed by atoms with Gasteiger partial charge in [0.1, 0.15) is 0 Å². The van der Waals surface area contributed by atoms with Crippen molar-refractivity contribution in [3.8, 4) is 0 Å². The van der Waals surface area contributed by atoms with Crippen molar-refractivity contribution in [2.75, 3.05) is 33.0 Å². The standard InChI is InChI=1S/C15H22O6S/c16-22(17,14-6-2-1-3-7-14)21-13-11-18-10-12-20-15-8-4-5-9-19-15/h1-3,6-7,15H,4-5,8-13H2. The van der Waals surface area contributed by atoms with Crippen LogP contribution in [0.2, 0.25) is 0 Å². The highest BCUT2D eigenvalue weighted by Gasteiger charge is 2.15. The molecular weight excluding hydrogens is 308 g/mol. The van der Waals surface area contributed by atoms with Crippen LogP contribution in [0.15, 0.2) is 35.2 Å². The smallest absolute Gasteiger partial charge is 0.297 e. The Morgan fingerprint density at radius 1 is 1.05 bits per heavy atom. The molecule has 0 N–H and O–H groups in total. The van der Waals surface area contributed by atoms with Gasteiger partial charge in [0.05, 0.1) is 31.3 Å². The van der Waals surface area contributed by atoms with Crippen LogP contribution in [0.3, 0.4) is 0 Å². The molecule has 7 heteroatoms. The minimum absolute atomic E-state index is 0.0167. The fraction of sp³-hybridized carbons (Fsp3) is 0.600. The Kier molecular flexibility index (Phi) is 7.28. The largest absolute Gasteiger partial charge is 0.377 e. The van der Waals surface area contributed by atoms with E-state index in [1.165, 1.54) is 12.1 Å². The van der Waals surface area contributed by atoms with E-state index in [2.05, 4.69) is 0 Å². The van der Waals surface area contributed by atoms with Crippen molar-refractivity contribution < 1.29 is 26.8 Å². The summed E-state index contributed by atoms with van der Waals surface area (Å²) in [6.45, 7) is 1.74. The van der Waals surface area contributed by atoms with E-state index in [1.54, 1.807) is 18.2 Å². The molecule has 1 fully saturated rings. The summed E-state index contributed by atoms with van der Waals surface area (Å²) < 4.78 is 44.7. The summed E-state index contributed by atoms with van der Waals surface area (Å²) in [5, 5.41) is 0. The normalized spacial score (nSPS) is 19.2. The van der Waals surface area contributed by atoms with E-state index in [4.69, 9.17) is 18.4 Å². The maximum absolute atomic E-state index is 11.8. The quantitative estimate of drug-likeness (QED) is 0.509. The van der Waals surface area contributed by atoms with Gasteiger partial charge in [0.15, 0.2) is 6.29 Å². The van der Waals surface area contributed by atoms with Crippen LogP contribution in [-0.4, -0.2) is 47.7 Å². The fourth-order valence-corrected chi connectivity index (χ4v) is 2.96. The summed E-state index contributed by atoms with van der Waals surface area (Å²) in [7, 11) is -3.70. The molecule has 0 bridgehead atoms. The molecule has 22 heavy (non-hydrogen) atoms. The first-order chi connectivity index (χ1) is 10.7. The molecule has 1 heterocycles. The van der Waals surface area contributed by atoms with Gasteiger partial charge in [0.2, 0.25) is 0 Å². The van der Waals surface area contributed by atoms with Crippen molar-refractivity contribution in [2.24, 2.45) is 0 Å². The fourth-order valence-electron chi connectivity index (χ4n) is 2.04. The minimum atomic E-state index is -3.70. The van der Waals surface area contributed by atoms with Gasteiger partial charge in [0, 0.05) is 6.61 Å². The predicted molar refractivity (Wildman–Crippen MR) is 79.9 cm³/mol. The summed E-state index contributed by atoms with van der Waals surface area (Å²) >= 11 is 0. The monoisotopic (exact) mass is 330 g/mol. The molecule has 0 spiro atoms. The Hall–Kier alpha value is -0.990. The third kappa shape index (κ3) is 6.02. The van der Waals surface area contributed by atoms with E-state index in [1.807, 2.05) is 0 Å². The number of rotatable bonds is 9. The van der Waals surface area contributed by atoms with E-state index in [9.17, 15) is 8.42 Å². The van der Waals surface area contributed by atoms with Crippen LogP contribution in [0.5, 0.6) is 0 Å². The zero-order chi connectivity index (χ0) is 15.7. The van der Waals surface area contributed by atoms with Gasteiger partial charge in [-0.05, 0) is 31.4 Å². The van der Waals surface area contributed by atoms with Gasteiger partial charge in [-0.15, -0.1) is 0 Å². The lowest BCUT2D eigenvalue weighted by Crippen LogP contribution is -2.24. The van der Waals surface area contributed by atoms with Gasteiger partial charge < -0.3 is 14.2 Å². The maximum Gasteiger partial charge on any atom is 0.297 e. The molecule has 6 nitrogen and oxygen atoms in total. The lowest BCUT2D eigenvalue weighted by atomic mass is 10.2. The minimum Gasteiger partial charge on any atom is -0.377 e. The van der Waals surface area contributed by atoms with Crippen molar-refractivity contribution in [1.82, 2.24) is 0 Å². The van der Waals surface area contributed by atoms with Crippen molar-refractivity contribution in [2.45, 2.75) is 30.4 Å². The maximum atomic E-state index is 11.8. The molecule has 0 aliphatic carbocycles. The van der Waals surface area contributed by atoms with Gasteiger partial charge in [-0.25, -0.2) is 0 Å². The van der Waals surface area contributed by atoms with Gasteiger partial charge >= 0.3 is 0 Å². The molecule has 1 aromatic carbocycles. The molecule has 1 aliphatic heterocycles. The Bertz CT molecular complexity index is 510. The average molecular weight is 330 g/mol. The summed E-state index contributed by atoms with van der Waals surface area (Å²) in [5.74, 6) is 0. The number of benzene rings is 1. The second kappa shape index (κ2) is 9.22. The molecule has 0 amide bonds. The molecule has 1 aliphatic rings. The molecule has 124 valence electrons. The molecular formula is C15H22O6S. The molecule has 0 saturated carbocycles. The van der Waals surface area contributed by atoms with Crippen LogP contribution in [0, 0.1) is 0 Å². The molecule has 1 aromatic rings. The molecule has 1 atom stereocenters. The second-order valence-corrected chi connectivity index (χ2v) is 6.48. The molecule has 0 aromatic heterocycles. The van der Waals surface area contributed by atoms with Crippen molar-refractivity contribution in [1.29, 1.82) is 0 Å². The first kappa shape index (κ1) is 17.4. The van der Waals surface area contributed by atoms with Crippen molar-refractivity contribution >= 4 is 10.1 Å². The van der Waals surface area contributed by atoms with E-state index in [-0.39, 0.29) is 24.4 Å². The van der Waals surface area contributed by atoms with E-state index in [0.717, 1.165) is 25.9 Å². The first-order valence-electron chi connectivity index (χ1n) is 7.44. The SMILES string of the molecule is O=S(=O)(OCCOCCOC1CCCCO1)c1ccccc1. The van der Waals surface area contributed by atoms with Crippen LogP contribution in [-0.2, 0) is 28.5 Å². The van der Waals surface area contributed by atoms with Crippen LogP contribution < -0.4 is 0 Å². The molecule has 0 radical (unpaired) electrons. The molecule has 1 saturated heterocycles. The third-order valence-corrected chi connectivity index (χ3v) is 4.49. The zero-order valence-corrected chi connectivity index (χ0v) is 13.3. The van der Waals surface area contributed by atoms with Crippen LogP contribution in [0.4, 0.5) is 0 Å². The third-order valence-electron chi connectivity index (χ3n) is 3.17. The summed E-state index contributed by atoms with van der Waals surface area (Å²) in [6, 6.07) is 8.04. The Morgan fingerprint density at radius 2 is 1.82 bits per heavy atom. The van der Waals surface area contributed by atoms with Crippen LogP contribution >= 0.6 is 0 Å². The number of hydrogen-bond donors (Lipinski definition) is 0. The summed E-state index contributed by atoms with van der Waals surface area (Å²) in [6.07, 6.45) is 2.99. The van der Waals surface area contributed by atoms with Gasteiger partial charge in [-0.2, -0.15) is 8.42 Å². The molecule has 1 unspecified atom stereocenters. The number of hydrogen-bond acceptors (Lipinski definition) is 6. The van der Waals surface area contributed by atoms with E-state index in [0.29, 0.717) is 13.2 Å². The topological polar surface area (TPSA) is 71.1 Å². The van der Waals surface area contributed by atoms with Crippen molar-refractivity contribution in [3.63, 3.8) is 0 Å². The van der Waals surface area contributed by atoms with Crippen LogP contribution in [0.1, 0.15) is 19.3 Å². The summed E-state index contributed by atoms with van der Waals surface area (Å²) in [5.41, 5.74) is 0. The summed E-state index contributed by atoms with van der Waals surface area (Å²) in [4.78, 5) is 0.146. The Morgan fingerprint density at radius 3 is 2.55 bits per heavy atom. The molecule has 2 rings (SSSR count). The van der Waals surface area contributed by atoms with Gasteiger partial charge in [0.25, 0.3) is 10.1 Å².